The summed E-state index contributed by atoms with van der Waals surface area (Å²) < 4.78 is 5.76. The van der Waals surface area contributed by atoms with Gasteiger partial charge in [-0.1, -0.05) is 18.2 Å². The first kappa shape index (κ1) is 20.7. The summed E-state index contributed by atoms with van der Waals surface area (Å²) in [5.74, 6) is 1.27. The molecule has 6 nitrogen and oxygen atoms in total. The second-order valence-corrected chi connectivity index (χ2v) is 8.70. The lowest BCUT2D eigenvalue weighted by molar-refractivity contribution is -0.137. The molecular weight excluding hydrogens is 398 g/mol. The molecule has 2 amide bonds. The van der Waals surface area contributed by atoms with Crippen LogP contribution in [0.2, 0.25) is 0 Å². The van der Waals surface area contributed by atoms with Gasteiger partial charge < -0.3 is 19.4 Å². The van der Waals surface area contributed by atoms with Gasteiger partial charge in [-0.05, 0) is 43.3 Å². The van der Waals surface area contributed by atoms with Crippen molar-refractivity contribution in [2.45, 2.75) is 19.8 Å². The number of hydrogen-bond acceptors (Lipinski definition) is 5. The van der Waals surface area contributed by atoms with Crippen LogP contribution in [-0.2, 0) is 4.79 Å². The summed E-state index contributed by atoms with van der Waals surface area (Å²) in [6, 6.07) is 11.9. The lowest BCUT2D eigenvalue weighted by atomic mass is 9.94. The molecule has 0 saturated carbocycles. The number of amides is 2. The molecule has 0 aliphatic carbocycles. The Bertz CT molecular complexity index is 854. The molecule has 160 valence electrons. The average Bonchev–Trinajstić information content (AvgIpc) is 3.34. The predicted octanol–water partition coefficient (Wildman–Crippen LogP) is 3.35. The molecule has 2 aliphatic rings. The SMILES string of the molecule is CCOc1ccccc1N1CCN(C(=O)C2CCN(C(=O)c3cccs3)CC2)CC1. The van der Waals surface area contributed by atoms with E-state index in [-0.39, 0.29) is 17.7 Å². The summed E-state index contributed by atoms with van der Waals surface area (Å²) in [5, 5.41) is 1.93. The van der Waals surface area contributed by atoms with E-state index < -0.39 is 0 Å². The van der Waals surface area contributed by atoms with Crippen molar-refractivity contribution in [3.8, 4) is 5.75 Å². The molecule has 2 fully saturated rings. The number of nitrogens with zero attached hydrogens (tertiary/aromatic N) is 3. The number of carbonyl (C=O) groups is 2. The third-order valence-electron chi connectivity index (χ3n) is 5.96. The molecule has 0 N–H and O–H groups in total. The van der Waals surface area contributed by atoms with Gasteiger partial charge in [-0.2, -0.15) is 0 Å². The van der Waals surface area contributed by atoms with E-state index in [0.717, 1.165) is 55.3 Å². The highest BCUT2D eigenvalue weighted by Gasteiger charge is 2.32. The lowest BCUT2D eigenvalue weighted by Gasteiger charge is -2.39. The highest BCUT2D eigenvalue weighted by Crippen LogP contribution is 2.29. The molecule has 2 aliphatic heterocycles. The number of carbonyl (C=O) groups excluding carboxylic acids is 2. The first-order chi connectivity index (χ1) is 14.7. The molecule has 2 saturated heterocycles. The van der Waals surface area contributed by atoms with E-state index in [9.17, 15) is 9.59 Å². The number of rotatable bonds is 5. The highest BCUT2D eigenvalue weighted by atomic mass is 32.1. The number of likely N-dealkylation sites (tertiary alicyclic amines) is 1. The first-order valence-electron chi connectivity index (χ1n) is 10.8. The summed E-state index contributed by atoms with van der Waals surface area (Å²) in [5.41, 5.74) is 1.10. The Balaban J connectivity index is 1.29. The smallest absolute Gasteiger partial charge is 0.263 e. The van der Waals surface area contributed by atoms with Crippen LogP contribution < -0.4 is 9.64 Å². The van der Waals surface area contributed by atoms with Gasteiger partial charge in [0, 0.05) is 45.2 Å². The van der Waals surface area contributed by atoms with Crippen LogP contribution in [0.15, 0.2) is 41.8 Å². The van der Waals surface area contributed by atoms with E-state index >= 15 is 0 Å². The van der Waals surface area contributed by atoms with Crippen molar-refractivity contribution >= 4 is 28.8 Å². The quantitative estimate of drug-likeness (QED) is 0.734. The summed E-state index contributed by atoms with van der Waals surface area (Å²) >= 11 is 1.48. The predicted molar refractivity (Wildman–Crippen MR) is 119 cm³/mol. The fraction of sp³-hybridized carbons (Fsp3) is 0.478. The number of anilines is 1. The van der Waals surface area contributed by atoms with Gasteiger partial charge in [-0.3, -0.25) is 9.59 Å². The average molecular weight is 428 g/mol. The zero-order valence-corrected chi connectivity index (χ0v) is 18.3. The molecule has 1 aromatic carbocycles. The topological polar surface area (TPSA) is 53.1 Å². The Morgan fingerprint density at radius 1 is 0.967 bits per heavy atom. The third-order valence-corrected chi connectivity index (χ3v) is 6.82. The van der Waals surface area contributed by atoms with Crippen molar-refractivity contribution in [3.05, 3.63) is 46.7 Å². The summed E-state index contributed by atoms with van der Waals surface area (Å²) in [4.78, 5) is 32.5. The van der Waals surface area contributed by atoms with E-state index in [1.54, 1.807) is 0 Å². The normalized spacial score (nSPS) is 17.8. The van der Waals surface area contributed by atoms with E-state index in [2.05, 4.69) is 11.0 Å². The number of thiophene rings is 1. The maximum absolute atomic E-state index is 13.1. The third kappa shape index (κ3) is 4.46. The Morgan fingerprint density at radius 3 is 2.37 bits per heavy atom. The number of piperidine rings is 1. The van der Waals surface area contributed by atoms with Gasteiger partial charge in [-0.15, -0.1) is 11.3 Å². The van der Waals surface area contributed by atoms with Crippen molar-refractivity contribution < 1.29 is 14.3 Å². The minimum absolute atomic E-state index is 0.0275. The van der Waals surface area contributed by atoms with E-state index in [4.69, 9.17) is 4.74 Å². The minimum Gasteiger partial charge on any atom is -0.492 e. The second kappa shape index (κ2) is 9.51. The molecule has 0 radical (unpaired) electrons. The van der Waals surface area contributed by atoms with Gasteiger partial charge in [0.15, 0.2) is 0 Å². The van der Waals surface area contributed by atoms with Crippen LogP contribution in [0.5, 0.6) is 5.75 Å². The largest absolute Gasteiger partial charge is 0.492 e. The lowest BCUT2D eigenvalue weighted by Crippen LogP contribution is -2.52. The van der Waals surface area contributed by atoms with Crippen molar-refractivity contribution in [3.63, 3.8) is 0 Å². The summed E-state index contributed by atoms with van der Waals surface area (Å²) in [6.45, 7) is 7.04. The molecule has 0 unspecified atom stereocenters. The van der Waals surface area contributed by atoms with E-state index in [0.29, 0.717) is 19.7 Å². The highest BCUT2D eigenvalue weighted by molar-refractivity contribution is 7.12. The van der Waals surface area contributed by atoms with Crippen molar-refractivity contribution in [1.29, 1.82) is 0 Å². The fourth-order valence-electron chi connectivity index (χ4n) is 4.31. The van der Waals surface area contributed by atoms with Gasteiger partial charge >= 0.3 is 0 Å². The molecule has 0 bridgehead atoms. The monoisotopic (exact) mass is 427 g/mol. The van der Waals surface area contributed by atoms with E-state index in [1.807, 2.05) is 52.4 Å². The Kier molecular flexibility index (Phi) is 6.57. The van der Waals surface area contributed by atoms with Crippen molar-refractivity contribution in [2.24, 2.45) is 5.92 Å². The van der Waals surface area contributed by atoms with Crippen molar-refractivity contribution in [1.82, 2.24) is 9.80 Å². The Morgan fingerprint density at radius 2 is 1.70 bits per heavy atom. The summed E-state index contributed by atoms with van der Waals surface area (Å²) in [6.07, 6.45) is 1.51. The van der Waals surface area contributed by atoms with Gasteiger partial charge in [0.05, 0.1) is 17.2 Å². The van der Waals surface area contributed by atoms with E-state index in [1.165, 1.54) is 11.3 Å². The fourth-order valence-corrected chi connectivity index (χ4v) is 5.00. The molecule has 0 atom stereocenters. The van der Waals surface area contributed by atoms with Crippen LogP contribution in [0.25, 0.3) is 0 Å². The van der Waals surface area contributed by atoms with Gasteiger partial charge in [0.25, 0.3) is 5.91 Å². The number of para-hydroxylation sites is 2. The molecule has 3 heterocycles. The van der Waals surface area contributed by atoms with Gasteiger partial charge in [-0.25, -0.2) is 0 Å². The zero-order valence-electron chi connectivity index (χ0n) is 17.5. The molecule has 30 heavy (non-hydrogen) atoms. The molecular formula is C23H29N3O3S. The first-order valence-corrected chi connectivity index (χ1v) is 11.6. The Hall–Kier alpha value is -2.54. The van der Waals surface area contributed by atoms with Crippen LogP contribution in [0.4, 0.5) is 5.69 Å². The standard InChI is InChI=1S/C23H29N3O3S/c1-2-29-20-7-4-3-6-19(20)24-13-15-26(16-14-24)22(27)18-9-11-25(12-10-18)23(28)21-8-5-17-30-21/h3-8,17-18H,2,9-16H2,1H3. The molecule has 2 aromatic rings. The zero-order chi connectivity index (χ0) is 20.9. The number of benzene rings is 1. The number of piperazine rings is 1. The molecule has 0 spiro atoms. The number of hydrogen-bond donors (Lipinski definition) is 0. The van der Waals surface area contributed by atoms with Crippen LogP contribution >= 0.6 is 11.3 Å². The van der Waals surface area contributed by atoms with Crippen molar-refractivity contribution in [2.75, 3.05) is 50.8 Å². The van der Waals surface area contributed by atoms with Crippen LogP contribution in [0.1, 0.15) is 29.4 Å². The van der Waals surface area contributed by atoms with Gasteiger partial charge in [0.1, 0.15) is 5.75 Å². The maximum Gasteiger partial charge on any atom is 0.263 e. The van der Waals surface area contributed by atoms with Gasteiger partial charge in [0.2, 0.25) is 5.91 Å². The summed E-state index contributed by atoms with van der Waals surface area (Å²) in [7, 11) is 0. The minimum atomic E-state index is 0.0275. The van der Waals surface area contributed by atoms with Crippen LogP contribution in [0, 0.1) is 5.92 Å². The van der Waals surface area contributed by atoms with Crippen LogP contribution in [-0.4, -0.2) is 67.5 Å². The maximum atomic E-state index is 13.1. The molecule has 7 heteroatoms. The molecule has 4 rings (SSSR count). The van der Waals surface area contributed by atoms with Crippen LogP contribution in [0.3, 0.4) is 0 Å². The second-order valence-electron chi connectivity index (χ2n) is 7.76. The molecule has 1 aromatic heterocycles. The Labute approximate surface area is 182 Å². The number of ether oxygens (including phenoxy) is 1.